The van der Waals surface area contributed by atoms with Crippen molar-refractivity contribution in [3.8, 4) is 0 Å². The average Bonchev–Trinajstić information content (AvgIpc) is 2.92. The van der Waals surface area contributed by atoms with Gasteiger partial charge in [-0.3, -0.25) is 4.79 Å². The van der Waals surface area contributed by atoms with Crippen LogP contribution in [-0.4, -0.2) is 23.5 Å². The van der Waals surface area contributed by atoms with Crippen molar-refractivity contribution in [3.63, 3.8) is 0 Å². The maximum atomic E-state index is 12.6. The molecule has 4 heteroatoms. The fraction of sp³-hybridized carbons (Fsp3) is 0.412. The SMILES string of the molecule is CNc1ncc(C(=O)NC2(C)CCCC2)c2ccccc12. The number of nitrogens with one attached hydrogen (secondary N) is 2. The summed E-state index contributed by atoms with van der Waals surface area (Å²) in [6.45, 7) is 2.13. The Morgan fingerprint density at radius 1 is 1.19 bits per heavy atom. The molecule has 1 fully saturated rings. The zero-order valence-electron chi connectivity index (χ0n) is 12.6. The molecule has 0 unspecified atom stereocenters. The molecule has 0 radical (unpaired) electrons. The highest BCUT2D eigenvalue weighted by Crippen LogP contribution is 2.30. The van der Waals surface area contributed by atoms with Crippen LogP contribution in [0.15, 0.2) is 30.5 Å². The molecule has 3 rings (SSSR count). The third-order valence-corrected chi connectivity index (χ3v) is 4.40. The second kappa shape index (κ2) is 5.35. The standard InChI is InChI=1S/C17H21N3O/c1-17(9-5-6-10-17)20-16(21)14-11-19-15(18-2)13-8-4-3-7-12(13)14/h3-4,7-8,11H,5-6,9-10H2,1-2H3,(H,18,19)(H,20,21). The van der Waals surface area contributed by atoms with Crippen LogP contribution in [-0.2, 0) is 0 Å². The molecule has 4 nitrogen and oxygen atoms in total. The van der Waals surface area contributed by atoms with Crippen LogP contribution >= 0.6 is 0 Å². The van der Waals surface area contributed by atoms with Gasteiger partial charge >= 0.3 is 0 Å². The van der Waals surface area contributed by atoms with Gasteiger partial charge in [-0.25, -0.2) is 4.98 Å². The normalized spacial score (nSPS) is 16.9. The predicted octanol–water partition coefficient (Wildman–Crippen LogP) is 3.34. The van der Waals surface area contributed by atoms with E-state index in [1.54, 1.807) is 6.20 Å². The van der Waals surface area contributed by atoms with Crippen LogP contribution < -0.4 is 10.6 Å². The molecule has 21 heavy (non-hydrogen) atoms. The van der Waals surface area contributed by atoms with E-state index in [-0.39, 0.29) is 11.4 Å². The van der Waals surface area contributed by atoms with Gasteiger partial charge in [0.1, 0.15) is 5.82 Å². The highest BCUT2D eigenvalue weighted by atomic mass is 16.1. The number of benzene rings is 1. The molecule has 1 amide bonds. The topological polar surface area (TPSA) is 54.0 Å². The van der Waals surface area contributed by atoms with Crippen molar-refractivity contribution in [2.75, 3.05) is 12.4 Å². The summed E-state index contributed by atoms with van der Waals surface area (Å²) >= 11 is 0. The fourth-order valence-electron chi connectivity index (χ4n) is 3.19. The summed E-state index contributed by atoms with van der Waals surface area (Å²) in [5.74, 6) is 0.778. The van der Waals surface area contributed by atoms with E-state index in [0.29, 0.717) is 5.56 Å². The Labute approximate surface area is 125 Å². The number of nitrogens with zero attached hydrogens (tertiary/aromatic N) is 1. The summed E-state index contributed by atoms with van der Waals surface area (Å²) in [4.78, 5) is 17.0. The van der Waals surface area contributed by atoms with Gasteiger partial charge in [0.15, 0.2) is 0 Å². The summed E-state index contributed by atoms with van der Waals surface area (Å²) in [5, 5.41) is 8.19. The molecular weight excluding hydrogens is 262 g/mol. The summed E-state index contributed by atoms with van der Waals surface area (Å²) < 4.78 is 0. The molecular formula is C17H21N3O. The number of hydrogen-bond acceptors (Lipinski definition) is 3. The lowest BCUT2D eigenvalue weighted by Gasteiger charge is -2.25. The number of pyridine rings is 1. The average molecular weight is 283 g/mol. The molecule has 1 aromatic heterocycles. The van der Waals surface area contributed by atoms with E-state index in [4.69, 9.17) is 0 Å². The molecule has 0 bridgehead atoms. The van der Waals surface area contributed by atoms with Crippen LogP contribution in [0.2, 0.25) is 0 Å². The molecule has 0 spiro atoms. The number of anilines is 1. The molecule has 1 aromatic carbocycles. The smallest absolute Gasteiger partial charge is 0.253 e. The molecule has 0 aliphatic heterocycles. The largest absolute Gasteiger partial charge is 0.373 e. The van der Waals surface area contributed by atoms with Gasteiger partial charge < -0.3 is 10.6 Å². The molecule has 1 saturated carbocycles. The van der Waals surface area contributed by atoms with E-state index < -0.39 is 0 Å². The van der Waals surface area contributed by atoms with Gasteiger partial charge in [0.2, 0.25) is 0 Å². The Hall–Kier alpha value is -2.10. The molecule has 1 aliphatic carbocycles. The molecule has 110 valence electrons. The number of carbonyl (C=O) groups excluding carboxylic acids is 1. The van der Waals surface area contributed by atoms with Crippen molar-refractivity contribution in [1.29, 1.82) is 0 Å². The first kappa shape index (κ1) is 13.9. The number of carbonyl (C=O) groups is 1. The van der Waals surface area contributed by atoms with Gasteiger partial charge in [0.05, 0.1) is 5.56 Å². The monoisotopic (exact) mass is 283 g/mol. The first-order valence-corrected chi connectivity index (χ1v) is 7.51. The van der Waals surface area contributed by atoms with Crippen LogP contribution in [0, 0.1) is 0 Å². The summed E-state index contributed by atoms with van der Waals surface area (Å²) in [5.41, 5.74) is 0.581. The van der Waals surface area contributed by atoms with Crippen LogP contribution in [0.3, 0.4) is 0 Å². The van der Waals surface area contributed by atoms with Gasteiger partial charge in [-0.1, -0.05) is 37.1 Å². The number of amides is 1. The minimum absolute atomic E-state index is 0.0225. The lowest BCUT2D eigenvalue weighted by Crippen LogP contribution is -2.43. The third-order valence-electron chi connectivity index (χ3n) is 4.40. The Kier molecular flexibility index (Phi) is 3.53. The highest BCUT2D eigenvalue weighted by Gasteiger charge is 2.30. The molecule has 1 heterocycles. The number of hydrogen-bond donors (Lipinski definition) is 2. The van der Waals surface area contributed by atoms with Crippen LogP contribution in [0.1, 0.15) is 43.0 Å². The first-order chi connectivity index (χ1) is 10.1. The number of fused-ring (bicyclic) bond motifs is 1. The van der Waals surface area contributed by atoms with Crippen molar-refractivity contribution < 1.29 is 4.79 Å². The zero-order chi connectivity index (χ0) is 14.9. The van der Waals surface area contributed by atoms with Crippen LogP contribution in [0.5, 0.6) is 0 Å². The maximum Gasteiger partial charge on any atom is 0.253 e. The highest BCUT2D eigenvalue weighted by molar-refractivity contribution is 6.09. The first-order valence-electron chi connectivity index (χ1n) is 7.51. The summed E-state index contributed by atoms with van der Waals surface area (Å²) in [6.07, 6.45) is 6.15. The molecule has 2 N–H and O–H groups in total. The van der Waals surface area contributed by atoms with E-state index in [0.717, 1.165) is 29.4 Å². The third kappa shape index (κ3) is 2.58. The van der Waals surface area contributed by atoms with Crippen molar-refractivity contribution in [2.24, 2.45) is 0 Å². The van der Waals surface area contributed by atoms with Crippen molar-refractivity contribution >= 4 is 22.5 Å². The Morgan fingerprint density at radius 3 is 2.52 bits per heavy atom. The van der Waals surface area contributed by atoms with E-state index in [9.17, 15) is 4.79 Å². The second-order valence-corrected chi connectivity index (χ2v) is 6.04. The van der Waals surface area contributed by atoms with Crippen molar-refractivity contribution in [2.45, 2.75) is 38.1 Å². The number of aromatic nitrogens is 1. The lowest BCUT2D eigenvalue weighted by molar-refractivity contribution is 0.0909. The van der Waals surface area contributed by atoms with Gasteiger partial charge in [-0.2, -0.15) is 0 Å². The molecule has 1 aliphatic rings. The van der Waals surface area contributed by atoms with Gasteiger partial charge in [0, 0.05) is 24.2 Å². The van der Waals surface area contributed by atoms with E-state index in [1.807, 2.05) is 31.3 Å². The van der Waals surface area contributed by atoms with E-state index in [2.05, 4.69) is 22.5 Å². The Morgan fingerprint density at radius 2 is 1.86 bits per heavy atom. The van der Waals surface area contributed by atoms with Gasteiger partial charge in [-0.05, 0) is 25.2 Å². The summed E-state index contributed by atoms with van der Waals surface area (Å²) in [6, 6.07) is 7.88. The zero-order valence-corrected chi connectivity index (χ0v) is 12.6. The van der Waals surface area contributed by atoms with Crippen molar-refractivity contribution in [3.05, 3.63) is 36.0 Å². The fourth-order valence-corrected chi connectivity index (χ4v) is 3.19. The lowest BCUT2D eigenvalue weighted by atomic mass is 9.99. The minimum atomic E-state index is -0.0696. The maximum absolute atomic E-state index is 12.6. The number of rotatable bonds is 3. The minimum Gasteiger partial charge on any atom is -0.373 e. The quantitative estimate of drug-likeness (QED) is 0.908. The van der Waals surface area contributed by atoms with Crippen LogP contribution in [0.25, 0.3) is 10.8 Å². The predicted molar refractivity (Wildman–Crippen MR) is 85.6 cm³/mol. The van der Waals surface area contributed by atoms with Gasteiger partial charge in [0.25, 0.3) is 5.91 Å². The molecule has 0 atom stereocenters. The van der Waals surface area contributed by atoms with Crippen molar-refractivity contribution in [1.82, 2.24) is 10.3 Å². The van der Waals surface area contributed by atoms with E-state index in [1.165, 1.54) is 12.8 Å². The second-order valence-electron chi connectivity index (χ2n) is 6.04. The Balaban J connectivity index is 1.98. The summed E-state index contributed by atoms with van der Waals surface area (Å²) in [7, 11) is 1.84. The molecule has 0 saturated heterocycles. The van der Waals surface area contributed by atoms with Crippen LogP contribution in [0.4, 0.5) is 5.82 Å². The molecule has 2 aromatic rings. The van der Waals surface area contributed by atoms with E-state index >= 15 is 0 Å². The Bertz CT molecular complexity index is 675. The van der Waals surface area contributed by atoms with Gasteiger partial charge in [-0.15, -0.1) is 0 Å².